The van der Waals surface area contributed by atoms with Crippen molar-refractivity contribution < 1.29 is 19.4 Å². The zero-order valence-electron chi connectivity index (χ0n) is 18.0. The van der Waals surface area contributed by atoms with E-state index >= 15 is 0 Å². The number of hydrogen-bond donors (Lipinski definition) is 2. The lowest BCUT2D eigenvalue weighted by Gasteiger charge is -2.23. The van der Waals surface area contributed by atoms with E-state index in [4.69, 9.17) is 4.74 Å². The van der Waals surface area contributed by atoms with Crippen LogP contribution < -0.4 is 15.8 Å². The van der Waals surface area contributed by atoms with E-state index < -0.39 is 11.6 Å². The summed E-state index contributed by atoms with van der Waals surface area (Å²) in [5.41, 5.74) is 1.35. The fourth-order valence-electron chi connectivity index (χ4n) is 3.60. The van der Waals surface area contributed by atoms with E-state index in [-0.39, 0.29) is 5.97 Å². The minimum Gasteiger partial charge on any atom is -0.478 e. The van der Waals surface area contributed by atoms with Crippen molar-refractivity contribution in [2.24, 2.45) is 5.92 Å². The fourth-order valence-corrected chi connectivity index (χ4v) is 3.60. The quantitative estimate of drug-likeness (QED) is 0.743. The molecule has 0 radical (unpaired) electrons. The van der Waals surface area contributed by atoms with Gasteiger partial charge in [0.05, 0.1) is 5.56 Å². The van der Waals surface area contributed by atoms with Gasteiger partial charge in [-0.15, -0.1) is 0 Å². The van der Waals surface area contributed by atoms with Crippen LogP contribution in [-0.2, 0) is 9.53 Å². The first-order valence-corrected chi connectivity index (χ1v) is 10.3. The molecule has 0 aromatic heterocycles. The number of carbonyl (C=O) groups excluding carboxylic acids is 1. The molecule has 2 rings (SSSR count). The molecule has 0 saturated heterocycles. The first-order valence-electron chi connectivity index (χ1n) is 10.3. The van der Waals surface area contributed by atoms with Crippen LogP contribution in [0.3, 0.4) is 0 Å². The SMILES string of the molecule is C=c1ccc(C(=O)O)c(C)/c1=C/NCC1CC/C=C(\C(=O)OC(C)(C)C)CCC1. The van der Waals surface area contributed by atoms with Crippen LogP contribution in [0.4, 0.5) is 0 Å². The summed E-state index contributed by atoms with van der Waals surface area (Å²) in [6, 6.07) is 3.34. The summed E-state index contributed by atoms with van der Waals surface area (Å²) in [5, 5.41) is 14.3. The number of aromatic carboxylic acids is 1. The molecule has 0 fully saturated rings. The number of hydrogen-bond acceptors (Lipinski definition) is 4. The molecule has 5 heteroatoms. The van der Waals surface area contributed by atoms with Gasteiger partial charge < -0.3 is 15.2 Å². The molecule has 1 aliphatic carbocycles. The highest BCUT2D eigenvalue weighted by molar-refractivity contribution is 5.89. The molecule has 1 aliphatic rings. The normalized spacial score (nSPS) is 20.2. The standard InChI is InChI=1S/C24H33NO4/c1-16-12-13-20(22(26)27)17(2)21(16)15-25-14-18-8-6-10-19(11-7-9-18)23(28)29-24(3,4)5/h10,12-13,15,18,25H,1,6-9,11,14H2,2-5H3,(H,26,27)/b19-10-,21-15+. The fraction of sp³-hybridized carbons (Fsp3) is 0.500. The number of rotatable bonds is 5. The van der Waals surface area contributed by atoms with E-state index in [0.717, 1.165) is 60.2 Å². The van der Waals surface area contributed by atoms with Gasteiger partial charge in [0, 0.05) is 23.5 Å². The highest BCUT2D eigenvalue weighted by Gasteiger charge is 2.21. The van der Waals surface area contributed by atoms with Gasteiger partial charge in [0.15, 0.2) is 0 Å². The minimum atomic E-state index is -0.926. The zero-order valence-corrected chi connectivity index (χ0v) is 18.0. The van der Waals surface area contributed by atoms with E-state index in [9.17, 15) is 14.7 Å². The maximum absolute atomic E-state index is 12.3. The van der Waals surface area contributed by atoms with Crippen molar-refractivity contribution in [3.05, 3.63) is 45.3 Å². The number of carbonyl (C=O) groups is 2. The molecule has 29 heavy (non-hydrogen) atoms. The van der Waals surface area contributed by atoms with Crippen LogP contribution in [-0.4, -0.2) is 29.2 Å². The molecule has 2 N–H and O–H groups in total. The molecule has 158 valence electrons. The number of benzene rings is 1. The van der Waals surface area contributed by atoms with Gasteiger partial charge in [0.1, 0.15) is 5.60 Å². The van der Waals surface area contributed by atoms with Crippen LogP contribution in [0.2, 0.25) is 0 Å². The molecule has 0 amide bonds. The monoisotopic (exact) mass is 399 g/mol. The molecule has 0 spiro atoms. The molecule has 0 heterocycles. The predicted molar refractivity (Wildman–Crippen MR) is 116 cm³/mol. The second-order valence-electron chi connectivity index (χ2n) is 8.74. The average Bonchev–Trinajstić information content (AvgIpc) is 2.57. The first kappa shape index (κ1) is 22.7. The molecule has 1 unspecified atom stereocenters. The first-order chi connectivity index (χ1) is 13.6. The van der Waals surface area contributed by atoms with E-state index in [1.54, 1.807) is 12.1 Å². The Morgan fingerprint density at radius 2 is 2.03 bits per heavy atom. The van der Waals surface area contributed by atoms with Crippen molar-refractivity contribution in [1.82, 2.24) is 5.32 Å². The molecule has 1 aromatic carbocycles. The van der Waals surface area contributed by atoms with Crippen LogP contribution in [0, 0.1) is 12.8 Å². The maximum Gasteiger partial charge on any atom is 0.335 e. The van der Waals surface area contributed by atoms with E-state index in [1.165, 1.54) is 0 Å². The third-order valence-electron chi connectivity index (χ3n) is 5.17. The third-order valence-corrected chi connectivity index (χ3v) is 5.17. The smallest absolute Gasteiger partial charge is 0.335 e. The number of ether oxygens (including phenoxy) is 1. The lowest BCUT2D eigenvalue weighted by atomic mass is 9.91. The van der Waals surface area contributed by atoms with E-state index in [0.29, 0.717) is 11.5 Å². The Kier molecular flexibility index (Phi) is 7.66. The molecule has 5 nitrogen and oxygen atoms in total. The Morgan fingerprint density at radius 3 is 2.69 bits per heavy atom. The average molecular weight is 400 g/mol. The minimum absolute atomic E-state index is 0.195. The Hall–Kier alpha value is -2.56. The van der Waals surface area contributed by atoms with Gasteiger partial charge in [-0.2, -0.15) is 0 Å². The second kappa shape index (κ2) is 9.77. The highest BCUT2D eigenvalue weighted by Crippen LogP contribution is 2.23. The summed E-state index contributed by atoms with van der Waals surface area (Å²) < 4.78 is 5.49. The summed E-state index contributed by atoms with van der Waals surface area (Å²) in [6.45, 7) is 12.3. The molecule has 0 bridgehead atoms. The molecular formula is C24H33NO4. The summed E-state index contributed by atoms with van der Waals surface area (Å²) in [7, 11) is 0. The summed E-state index contributed by atoms with van der Waals surface area (Å²) in [6.07, 6.45) is 8.49. The summed E-state index contributed by atoms with van der Waals surface area (Å²) in [4.78, 5) is 23.6. The van der Waals surface area contributed by atoms with Crippen molar-refractivity contribution >= 4 is 24.7 Å². The topological polar surface area (TPSA) is 75.6 Å². The van der Waals surface area contributed by atoms with E-state index in [2.05, 4.69) is 11.9 Å². The molecule has 0 saturated carbocycles. The lowest BCUT2D eigenvalue weighted by Crippen LogP contribution is -2.32. The molecule has 1 aromatic rings. The van der Waals surface area contributed by atoms with Gasteiger partial charge in [-0.1, -0.05) is 18.7 Å². The van der Waals surface area contributed by atoms with Crippen molar-refractivity contribution in [1.29, 1.82) is 0 Å². The van der Waals surface area contributed by atoms with Crippen molar-refractivity contribution in [2.75, 3.05) is 6.54 Å². The highest BCUT2D eigenvalue weighted by atomic mass is 16.6. The van der Waals surface area contributed by atoms with Crippen molar-refractivity contribution in [3.63, 3.8) is 0 Å². The second-order valence-corrected chi connectivity index (χ2v) is 8.74. The number of carboxylic acids is 1. The predicted octanol–water partition coefficient (Wildman–Crippen LogP) is 3.28. The van der Waals surface area contributed by atoms with Crippen LogP contribution >= 0.6 is 0 Å². The number of carboxylic acid groups (broad SMARTS) is 1. The Labute approximate surface area is 173 Å². The van der Waals surface area contributed by atoms with Crippen molar-refractivity contribution in [2.45, 2.75) is 65.4 Å². The number of allylic oxidation sites excluding steroid dienone is 1. The van der Waals surface area contributed by atoms with Crippen molar-refractivity contribution in [3.8, 4) is 0 Å². The van der Waals surface area contributed by atoms with Gasteiger partial charge in [-0.05, 0) is 82.6 Å². The summed E-state index contributed by atoms with van der Waals surface area (Å²) in [5.74, 6) is -0.622. The van der Waals surface area contributed by atoms with Gasteiger partial charge in [0.2, 0.25) is 0 Å². The summed E-state index contributed by atoms with van der Waals surface area (Å²) >= 11 is 0. The van der Waals surface area contributed by atoms with Crippen LogP contribution in [0.15, 0.2) is 23.8 Å². The van der Waals surface area contributed by atoms with Gasteiger partial charge in [-0.25, -0.2) is 9.59 Å². The van der Waals surface area contributed by atoms with E-state index in [1.807, 2.05) is 40.0 Å². The molecular weight excluding hydrogens is 366 g/mol. The van der Waals surface area contributed by atoms with Gasteiger partial charge in [0.25, 0.3) is 0 Å². The van der Waals surface area contributed by atoms with Gasteiger partial charge >= 0.3 is 11.9 Å². The molecule has 1 atom stereocenters. The maximum atomic E-state index is 12.3. The molecule has 0 aliphatic heterocycles. The van der Waals surface area contributed by atoms with Crippen LogP contribution in [0.25, 0.3) is 12.8 Å². The van der Waals surface area contributed by atoms with Crippen LogP contribution in [0.1, 0.15) is 68.8 Å². The number of esters is 1. The Bertz CT molecular complexity index is 893. The zero-order chi connectivity index (χ0) is 21.6. The third kappa shape index (κ3) is 6.77. The lowest BCUT2D eigenvalue weighted by molar-refractivity contribution is -0.150. The van der Waals surface area contributed by atoms with Crippen LogP contribution in [0.5, 0.6) is 0 Å². The largest absolute Gasteiger partial charge is 0.478 e. The number of nitrogens with one attached hydrogen (secondary N) is 1. The van der Waals surface area contributed by atoms with Gasteiger partial charge in [-0.3, -0.25) is 0 Å². The Morgan fingerprint density at radius 1 is 1.31 bits per heavy atom. The Balaban J connectivity index is 1.98.